The van der Waals surface area contributed by atoms with E-state index < -0.39 is 35.0 Å². The Balaban J connectivity index is 1.30. The van der Waals surface area contributed by atoms with Gasteiger partial charge < -0.3 is 20.1 Å². The first-order chi connectivity index (χ1) is 17.3. The molecule has 2 saturated heterocycles. The summed E-state index contributed by atoms with van der Waals surface area (Å²) in [4.78, 5) is 31.6. The number of carbonyl (C=O) groups excluding carboxylic acids is 2. The fourth-order valence-electron chi connectivity index (χ4n) is 5.03. The van der Waals surface area contributed by atoms with Crippen LogP contribution in [-0.4, -0.2) is 44.9 Å². The van der Waals surface area contributed by atoms with E-state index >= 15 is 0 Å². The number of rotatable bonds is 5. The fourth-order valence-corrected chi connectivity index (χ4v) is 5.03. The highest BCUT2D eigenvalue weighted by Crippen LogP contribution is 2.38. The van der Waals surface area contributed by atoms with Crippen molar-refractivity contribution in [2.24, 2.45) is 0 Å². The van der Waals surface area contributed by atoms with Gasteiger partial charge in [-0.1, -0.05) is 6.07 Å². The lowest BCUT2D eigenvalue weighted by Gasteiger charge is -2.39. The molecule has 1 aromatic heterocycles. The monoisotopic (exact) mass is 497 g/mol. The number of nitrogens with one attached hydrogen (secondary N) is 1. The molecular weight excluding hydrogens is 475 g/mol. The summed E-state index contributed by atoms with van der Waals surface area (Å²) >= 11 is 0. The summed E-state index contributed by atoms with van der Waals surface area (Å²) in [5.74, 6) is -3.47. The van der Waals surface area contributed by atoms with Crippen LogP contribution in [0, 0.1) is 17.5 Å². The van der Waals surface area contributed by atoms with Crippen molar-refractivity contribution in [2.75, 3.05) is 0 Å². The van der Waals surface area contributed by atoms with Crippen LogP contribution >= 0.6 is 0 Å². The number of halogens is 3. The smallest absolute Gasteiger partial charge is 0.261 e. The molecule has 3 heterocycles. The van der Waals surface area contributed by atoms with Crippen LogP contribution in [-0.2, 0) is 0 Å². The van der Waals surface area contributed by atoms with Gasteiger partial charge in [0.15, 0.2) is 0 Å². The van der Waals surface area contributed by atoms with E-state index in [1.807, 2.05) is 0 Å². The lowest BCUT2D eigenvalue weighted by molar-refractivity contribution is 0.0542. The van der Waals surface area contributed by atoms with Crippen molar-refractivity contribution < 1.29 is 32.6 Å². The van der Waals surface area contributed by atoms with Crippen LogP contribution in [0.4, 0.5) is 13.2 Å². The zero-order chi connectivity index (χ0) is 25.4. The molecular formula is C26H22F3N3O4. The predicted octanol–water partition coefficient (Wildman–Crippen LogP) is 4.56. The molecule has 2 aliphatic rings. The summed E-state index contributed by atoms with van der Waals surface area (Å²) in [6, 6.07) is 9.00. The largest absolute Gasteiger partial charge is 0.507 e. The Hall–Kier alpha value is -4.08. The van der Waals surface area contributed by atoms with E-state index in [1.165, 1.54) is 36.4 Å². The summed E-state index contributed by atoms with van der Waals surface area (Å²) in [7, 11) is 0. The molecule has 2 amide bonds. The van der Waals surface area contributed by atoms with Gasteiger partial charge in [0.25, 0.3) is 11.8 Å². The predicted molar refractivity (Wildman–Crippen MR) is 122 cm³/mol. The Morgan fingerprint density at radius 3 is 2.36 bits per heavy atom. The zero-order valence-corrected chi connectivity index (χ0v) is 19.0. The van der Waals surface area contributed by atoms with Crippen LogP contribution in [0.2, 0.25) is 0 Å². The average Bonchev–Trinajstić information content (AvgIpc) is 3.11. The minimum absolute atomic E-state index is 0.124. The molecule has 186 valence electrons. The number of aromatic hydroxyl groups is 1. The third-order valence-corrected chi connectivity index (χ3v) is 6.60. The quantitative estimate of drug-likeness (QED) is 0.539. The van der Waals surface area contributed by atoms with Gasteiger partial charge in [-0.3, -0.25) is 9.59 Å². The van der Waals surface area contributed by atoms with Crippen LogP contribution in [0.1, 0.15) is 46.4 Å². The summed E-state index contributed by atoms with van der Waals surface area (Å²) in [5.41, 5.74) is -0.480. The Labute approximate surface area is 204 Å². The zero-order valence-electron chi connectivity index (χ0n) is 19.0. The maximum absolute atomic E-state index is 14.3. The molecule has 5 rings (SSSR count). The first-order valence-electron chi connectivity index (χ1n) is 11.5. The number of phenols is 1. The van der Waals surface area contributed by atoms with Crippen LogP contribution in [0.25, 0.3) is 0 Å². The van der Waals surface area contributed by atoms with Gasteiger partial charge in [-0.05, 0) is 68.1 Å². The Bertz CT molecular complexity index is 1280. The van der Waals surface area contributed by atoms with E-state index in [0.29, 0.717) is 25.7 Å². The van der Waals surface area contributed by atoms with E-state index in [-0.39, 0.29) is 40.9 Å². The summed E-state index contributed by atoms with van der Waals surface area (Å²) in [5, 5.41) is 12.9. The molecule has 7 nitrogen and oxygen atoms in total. The minimum atomic E-state index is -0.790. The van der Waals surface area contributed by atoms with Crippen molar-refractivity contribution in [3.63, 3.8) is 0 Å². The number of benzene rings is 2. The number of phenolic OH excluding ortho intramolecular Hbond substituents is 1. The third-order valence-electron chi connectivity index (χ3n) is 6.60. The second-order valence-corrected chi connectivity index (χ2v) is 8.94. The Morgan fingerprint density at radius 1 is 1.00 bits per heavy atom. The molecule has 2 unspecified atom stereocenters. The molecule has 2 N–H and O–H groups in total. The van der Waals surface area contributed by atoms with E-state index in [0.717, 1.165) is 18.3 Å². The lowest BCUT2D eigenvalue weighted by Crippen LogP contribution is -2.52. The van der Waals surface area contributed by atoms with Crippen LogP contribution < -0.4 is 10.1 Å². The third kappa shape index (κ3) is 4.58. The Morgan fingerprint density at radius 2 is 1.69 bits per heavy atom. The SMILES string of the molecule is O=C(NC1CC2CCC(C1)N2C(=O)c1c(O)cccc1F)c1cc(F)cnc1Oc1ccc(F)cc1. The van der Waals surface area contributed by atoms with Gasteiger partial charge in [0.2, 0.25) is 5.88 Å². The number of nitrogens with zero attached hydrogens (tertiary/aromatic N) is 2. The number of piperidine rings is 1. The molecule has 0 radical (unpaired) electrons. The standard InChI is InChI=1S/C26H22F3N3O4/c27-14-4-8-19(9-5-14)36-25-20(10-15(28)13-30-25)24(34)31-16-11-17-6-7-18(12-16)32(17)26(35)23-21(29)2-1-3-22(23)33/h1-5,8-10,13,16-18,33H,6-7,11-12H2,(H,31,34). The highest BCUT2D eigenvalue weighted by molar-refractivity contribution is 5.98. The molecule has 0 aliphatic carbocycles. The molecule has 2 atom stereocenters. The van der Waals surface area contributed by atoms with Gasteiger partial charge in [-0.2, -0.15) is 0 Å². The first kappa shape index (κ1) is 23.7. The van der Waals surface area contributed by atoms with Gasteiger partial charge in [0.1, 0.15) is 40.1 Å². The summed E-state index contributed by atoms with van der Waals surface area (Å²) < 4.78 is 47.0. The maximum Gasteiger partial charge on any atom is 0.261 e. The molecule has 2 bridgehead atoms. The average molecular weight is 497 g/mol. The Kier molecular flexibility index (Phi) is 6.26. The highest BCUT2D eigenvalue weighted by Gasteiger charge is 2.45. The lowest BCUT2D eigenvalue weighted by atomic mass is 9.95. The number of ether oxygens (including phenoxy) is 1. The highest BCUT2D eigenvalue weighted by atomic mass is 19.1. The minimum Gasteiger partial charge on any atom is -0.507 e. The molecule has 0 spiro atoms. The number of amides is 2. The van der Waals surface area contributed by atoms with Crippen LogP contribution in [0.5, 0.6) is 17.4 Å². The van der Waals surface area contributed by atoms with E-state index in [4.69, 9.17) is 4.74 Å². The molecule has 2 fully saturated rings. The van der Waals surface area contributed by atoms with Crippen LogP contribution in [0.3, 0.4) is 0 Å². The molecule has 2 aliphatic heterocycles. The van der Waals surface area contributed by atoms with Crippen molar-refractivity contribution >= 4 is 11.8 Å². The van der Waals surface area contributed by atoms with Crippen molar-refractivity contribution in [3.8, 4) is 17.4 Å². The summed E-state index contributed by atoms with van der Waals surface area (Å²) in [6.07, 6.45) is 3.11. The number of hydrogen-bond acceptors (Lipinski definition) is 5. The first-order valence-corrected chi connectivity index (χ1v) is 11.5. The van der Waals surface area contributed by atoms with Gasteiger partial charge in [0, 0.05) is 18.1 Å². The maximum atomic E-state index is 14.3. The molecule has 36 heavy (non-hydrogen) atoms. The van der Waals surface area contributed by atoms with Gasteiger partial charge in [0.05, 0.1) is 6.20 Å². The van der Waals surface area contributed by atoms with Gasteiger partial charge in [-0.25, -0.2) is 18.2 Å². The van der Waals surface area contributed by atoms with Crippen molar-refractivity contribution in [1.82, 2.24) is 15.2 Å². The normalized spacial score (nSPS) is 20.8. The molecule has 2 aromatic carbocycles. The number of carbonyl (C=O) groups is 2. The molecule has 10 heteroatoms. The number of pyridine rings is 1. The second kappa shape index (κ2) is 9.52. The fraction of sp³-hybridized carbons (Fsp3) is 0.269. The van der Waals surface area contributed by atoms with Crippen molar-refractivity contribution in [1.29, 1.82) is 0 Å². The number of aromatic nitrogens is 1. The second-order valence-electron chi connectivity index (χ2n) is 8.94. The topological polar surface area (TPSA) is 91.8 Å². The van der Waals surface area contributed by atoms with Crippen molar-refractivity contribution in [3.05, 3.63) is 83.3 Å². The van der Waals surface area contributed by atoms with E-state index in [1.54, 1.807) is 4.90 Å². The van der Waals surface area contributed by atoms with Gasteiger partial charge in [-0.15, -0.1) is 0 Å². The number of hydrogen-bond donors (Lipinski definition) is 2. The molecule has 3 aromatic rings. The van der Waals surface area contributed by atoms with E-state index in [9.17, 15) is 27.9 Å². The van der Waals surface area contributed by atoms with E-state index in [2.05, 4.69) is 10.3 Å². The number of fused-ring (bicyclic) bond motifs is 2. The summed E-state index contributed by atoms with van der Waals surface area (Å²) in [6.45, 7) is 0. The van der Waals surface area contributed by atoms with Gasteiger partial charge >= 0.3 is 0 Å². The van der Waals surface area contributed by atoms with Crippen LogP contribution in [0.15, 0.2) is 54.7 Å². The molecule has 0 saturated carbocycles. The van der Waals surface area contributed by atoms with Crippen molar-refractivity contribution in [2.45, 2.75) is 43.8 Å².